The summed E-state index contributed by atoms with van der Waals surface area (Å²) in [6.45, 7) is 0. The van der Waals surface area contributed by atoms with Crippen LogP contribution >= 0.6 is 11.8 Å². The number of H-pyrrole nitrogens is 1. The van der Waals surface area contributed by atoms with Gasteiger partial charge in [-0.25, -0.2) is 0 Å². The van der Waals surface area contributed by atoms with Crippen LogP contribution in [0.4, 0.5) is 0 Å². The third-order valence-electron chi connectivity index (χ3n) is 3.20. The van der Waals surface area contributed by atoms with Gasteiger partial charge in [0.25, 0.3) is 5.22 Å². The van der Waals surface area contributed by atoms with Gasteiger partial charge in [0.05, 0.1) is 11.7 Å². The molecule has 0 saturated carbocycles. The van der Waals surface area contributed by atoms with Crippen LogP contribution in [0.25, 0.3) is 22.4 Å². The van der Waals surface area contributed by atoms with E-state index in [1.807, 2.05) is 24.4 Å². The van der Waals surface area contributed by atoms with Crippen LogP contribution in [0.15, 0.2) is 58.6 Å². The Labute approximate surface area is 130 Å². The van der Waals surface area contributed by atoms with E-state index in [1.165, 1.54) is 17.3 Å². The molecule has 108 valence electrons. The van der Waals surface area contributed by atoms with Crippen molar-refractivity contribution in [1.82, 2.24) is 25.4 Å². The van der Waals surface area contributed by atoms with E-state index in [2.05, 4.69) is 37.5 Å². The molecule has 1 N–H and O–H groups in total. The smallest absolute Gasteiger partial charge is 0.277 e. The molecule has 0 bridgehead atoms. The Morgan fingerprint density at radius 2 is 2.00 bits per heavy atom. The lowest BCUT2D eigenvalue weighted by Gasteiger charge is -1.98. The molecule has 1 aromatic carbocycles. The summed E-state index contributed by atoms with van der Waals surface area (Å²) in [5.74, 6) is 1.27. The van der Waals surface area contributed by atoms with E-state index in [0.29, 0.717) is 11.1 Å². The molecule has 4 rings (SSSR count). The van der Waals surface area contributed by atoms with Gasteiger partial charge >= 0.3 is 0 Å². The minimum atomic E-state index is 0.508. The van der Waals surface area contributed by atoms with Crippen LogP contribution in [0.1, 0.15) is 5.56 Å². The number of aromatic amines is 1. The Kier molecular flexibility index (Phi) is 3.32. The van der Waals surface area contributed by atoms with Gasteiger partial charge in [-0.3, -0.25) is 10.1 Å². The second kappa shape index (κ2) is 5.61. The zero-order valence-corrected chi connectivity index (χ0v) is 12.2. The number of fused-ring (bicyclic) bond motifs is 1. The number of pyridine rings is 1. The summed E-state index contributed by atoms with van der Waals surface area (Å²) in [7, 11) is 0. The normalized spacial score (nSPS) is 11.1. The Morgan fingerprint density at radius 1 is 1.09 bits per heavy atom. The Hall–Kier alpha value is -2.67. The first-order valence-corrected chi connectivity index (χ1v) is 7.66. The fourth-order valence-corrected chi connectivity index (χ4v) is 2.80. The number of hydrogen-bond donors (Lipinski definition) is 1. The highest BCUT2D eigenvalue weighted by Gasteiger charge is 2.09. The van der Waals surface area contributed by atoms with Crippen molar-refractivity contribution in [3.05, 3.63) is 54.5 Å². The van der Waals surface area contributed by atoms with Gasteiger partial charge in [0, 0.05) is 29.1 Å². The van der Waals surface area contributed by atoms with Crippen LogP contribution in [0, 0.1) is 0 Å². The van der Waals surface area contributed by atoms with Crippen molar-refractivity contribution in [2.24, 2.45) is 0 Å². The van der Waals surface area contributed by atoms with Crippen molar-refractivity contribution in [3.8, 4) is 11.5 Å². The van der Waals surface area contributed by atoms with Crippen molar-refractivity contribution in [3.63, 3.8) is 0 Å². The number of thioether (sulfide) groups is 1. The number of hydrogen-bond acceptors (Lipinski definition) is 6. The third-order valence-corrected chi connectivity index (χ3v) is 4.09. The number of nitrogens with one attached hydrogen (secondary N) is 1. The molecule has 3 aromatic heterocycles. The average Bonchev–Trinajstić information content (AvgIpc) is 3.22. The summed E-state index contributed by atoms with van der Waals surface area (Å²) in [6, 6.07) is 9.88. The summed E-state index contributed by atoms with van der Waals surface area (Å²) in [6.07, 6.45) is 5.21. The molecule has 22 heavy (non-hydrogen) atoms. The first-order chi connectivity index (χ1) is 10.9. The summed E-state index contributed by atoms with van der Waals surface area (Å²) in [4.78, 5) is 3.97. The predicted octanol–water partition coefficient (Wildman–Crippen LogP) is 3.30. The number of rotatable bonds is 4. The first kappa shape index (κ1) is 13.0. The number of aromatic nitrogens is 5. The van der Waals surface area contributed by atoms with E-state index in [1.54, 1.807) is 12.4 Å². The van der Waals surface area contributed by atoms with Crippen molar-refractivity contribution < 1.29 is 4.42 Å². The van der Waals surface area contributed by atoms with Gasteiger partial charge in [0.2, 0.25) is 5.89 Å². The predicted molar refractivity (Wildman–Crippen MR) is 83.2 cm³/mol. The highest BCUT2D eigenvalue weighted by molar-refractivity contribution is 7.98. The first-order valence-electron chi connectivity index (χ1n) is 6.67. The van der Waals surface area contributed by atoms with Gasteiger partial charge in [0.1, 0.15) is 0 Å². The van der Waals surface area contributed by atoms with Crippen molar-refractivity contribution in [2.45, 2.75) is 11.0 Å². The lowest BCUT2D eigenvalue weighted by atomic mass is 10.2. The second-order valence-corrected chi connectivity index (χ2v) is 5.62. The molecule has 6 nitrogen and oxygen atoms in total. The molecule has 0 amide bonds. The monoisotopic (exact) mass is 309 g/mol. The maximum atomic E-state index is 5.66. The molecular weight excluding hydrogens is 298 g/mol. The lowest BCUT2D eigenvalue weighted by Crippen LogP contribution is -1.81. The summed E-state index contributed by atoms with van der Waals surface area (Å²) in [5.41, 5.74) is 3.07. The van der Waals surface area contributed by atoms with E-state index in [-0.39, 0.29) is 0 Å². The molecule has 0 fully saturated rings. The minimum absolute atomic E-state index is 0.508. The van der Waals surface area contributed by atoms with E-state index in [0.717, 1.165) is 22.2 Å². The zero-order valence-electron chi connectivity index (χ0n) is 11.4. The van der Waals surface area contributed by atoms with Crippen molar-refractivity contribution in [2.75, 3.05) is 0 Å². The van der Waals surface area contributed by atoms with E-state index in [4.69, 9.17) is 4.42 Å². The van der Waals surface area contributed by atoms with Gasteiger partial charge in [-0.1, -0.05) is 23.9 Å². The van der Waals surface area contributed by atoms with Crippen LogP contribution in [-0.2, 0) is 5.75 Å². The topological polar surface area (TPSA) is 80.5 Å². The molecule has 0 aliphatic rings. The van der Waals surface area contributed by atoms with E-state index < -0.39 is 0 Å². The highest BCUT2D eigenvalue weighted by atomic mass is 32.2. The van der Waals surface area contributed by atoms with Gasteiger partial charge in [0.15, 0.2) is 0 Å². The van der Waals surface area contributed by atoms with Crippen molar-refractivity contribution >= 4 is 22.7 Å². The van der Waals surface area contributed by atoms with Gasteiger partial charge in [-0.2, -0.15) is 5.10 Å². The molecule has 4 aromatic rings. The fourth-order valence-electron chi connectivity index (χ4n) is 2.10. The molecule has 7 heteroatoms. The largest absolute Gasteiger partial charge is 0.411 e. The van der Waals surface area contributed by atoms with Crippen LogP contribution in [0.2, 0.25) is 0 Å². The molecule has 3 heterocycles. The fraction of sp³-hybridized carbons (Fsp3) is 0.0667. The van der Waals surface area contributed by atoms with Gasteiger partial charge in [-0.15, -0.1) is 10.2 Å². The molecule has 0 saturated heterocycles. The van der Waals surface area contributed by atoms with Crippen LogP contribution in [0.3, 0.4) is 0 Å². The number of benzene rings is 1. The van der Waals surface area contributed by atoms with Gasteiger partial charge in [-0.05, 0) is 23.8 Å². The Bertz CT molecular complexity index is 902. The molecular formula is C15H11N5OS. The van der Waals surface area contributed by atoms with Crippen LogP contribution in [0.5, 0.6) is 0 Å². The maximum Gasteiger partial charge on any atom is 0.277 e. The van der Waals surface area contributed by atoms with E-state index in [9.17, 15) is 0 Å². The minimum Gasteiger partial charge on any atom is -0.411 e. The molecule has 0 aliphatic carbocycles. The molecule has 0 radical (unpaired) electrons. The Balaban J connectivity index is 1.48. The second-order valence-electron chi connectivity index (χ2n) is 4.69. The molecule has 0 spiro atoms. The molecule has 0 unspecified atom stereocenters. The van der Waals surface area contributed by atoms with Crippen LogP contribution in [-0.4, -0.2) is 25.4 Å². The van der Waals surface area contributed by atoms with Crippen molar-refractivity contribution in [1.29, 1.82) is 0 Å². The molecule has 0 atom stereocenters. The average molecular weight is 309 g/mol. The lowest BCUT2D eigenvalue weighted by molar-refractivity contribution is 0.466. The number of nitrogens with zero attached hydrogens (tertiary/aromatic N) is 4. The Morgan fingerprint density at radius 3 is 2.91 bits per heavy atom. The standard InChI is InChI=1S/C15H11N5OS/c1-2-12-8-17-18-13(12)7-10(1)9-22-15-20-19-14(21-15)11-3-5-16-6-4-11/h1-8H,9H2,(H,17,18). The summed E-state index contributed by atoms with van der Waals surface area (Å²) < 4.78 is 5.66. The van der Waals surface area contributed by atoms with E-state index >= 15 is 0 Å². The molecule has 0 aliphatic heterocycles. The SMILES string of the molecule is c1cc(-c2nnc(SCc3ccc4cn[nH]c4c3)o2)ccn1. The van der Waals surface area contributed by atoms with Gasteiger partial charge < -0.3 is 4.42 Å². The maximum absolute atomic E-state index is 5.66. The third kappa shape index (κ3) is 2.58. The highest BCUT2D eigenvalue weighted by Crippen LogP contribution is 2.26. The quantitative estimate of drug-likeness (QED) is 0.583. The summed E-state index contributed by atoms with van der Waals surface area (Å²) >= 11 is 1.51. The summed E-state index contributed by atoms with van der Waals surface area (Å²) in [5, 5.41) is 16.8. The zero-order chi connectivity index (χ0) is 14.8. The van der Waals surface area contributed by atoms with Crippen LogP contribution < -0.4 is 0 Å².